The molecular formula is C15H27N3. The lowest BCUT2D eigenvalue weighted by Gasteiger charge is -2.22. The highest BCUT2D eigenvalue weighted by Crippen LogP contribution is 2.29. The van der Waals surface area contributed by atoms with Crippen LogP contribution in [0, 0.1) is 5.41 Å². The first kappa shape index (κ1) is 13.6. The zero-order valence-corrected chi connectivity index (χ0v) is 12.0. The Morgan fingerprint density at radius 2 is 2.06 bits per heavy atom. The predicted molar refractivity (Wildman–Crippen MR) is 75.5 cm³/mol. The lowest BCUT2D eigenvalue weighted by Crippen LogP contribution is -2.28. The van der Waals surface area contributed by atoms with Crippen LogP contribution in [0.1, 0.15) is 64.6 Å². The molecule has 0 amide bonds. The van der Waals surface area contributed by atoms with E-state index in [1.807, 2.05) is 0 Å². The molecule has 1 fully saturated rings. The minimum absolute atomic E-state index is 0.219. The molecule has 3 heteroatoms. The molecule has 18 heavy (non-hydrogen) atoms. The lowest BCUT2D eigenvalue weighted by atomic mass is 9.87. The number of nitrogens with two attached hydrogens (primary N) is 1. The second-order valence-electron chi connectivity index (χ2n) is 6.95. The highest BCUT2D eigenvalue weighted by atomic mass is 15.3. The summed E-state index contributed by atoms with van der Waals surface area (Å²) in [5.41, 5.74) is 7.66. The van der Waals surface area contributed by atoms with E-state index in [1.54, 1.807) is 0 Å². The number of hydrogen-bond donors (Lipinski definition) is 1. The zero-order chi connectivity index (χ0) is 13.2. The molecule has 1 aliphatic carbocycles. The fourth-order valence-electron chi connectivity index (χ4n) is 2.99. The van der Waals surface area contributed by atoms with E-state index in [9.17, 15) is 0 Å². The van der Waals surface area contributed by atoms with Crippen LogP contribution < -0.4 is 5.73 Å². The highest BCUT2D eigenvalue weighted by molar-refractivity contribution is 5.02. The predicted octanol–water partition coefficient (Wildman–Crippen LogP) is 3.30. The van der Waals surface area contributed by atoms with Crippen LogP contribution in [0.4, 0.5) is 0 Å². The average Bonchev–Trinajstić information content (AvgIpc) is 2.82. The second-order valence-corrected chi connectivity index (χ2v) is 6.95. The van der Waals surface area contributed by atoms with Gasteiger partial charge in [0.1, 0.15) is 0 Å². The minimum Gasteiger partial charge on any atom is -0.327 e. The third-order valence-electron chi connectivity index (χ3n) is 3.71. The van der Waals surface area contributed by atoms with Crippen molar-refractivity contribution in [1.82, 2.24) is 9.78 Å². The molecule has 1 unspecified atom stereocenters. The summed E-state index contributed by atoms with van der Waals surface area (Å²) in [4.78, 5) is 0. The maximum atomic E-state index is 6.21. The van der Waals surface area contributed by atoms with Crippen molar-refractivity contribution in [2.45, 2.75) is 71.4 Å². The summed E-state index contributed by atoms with van der Waals surface area (Å²) in [6.07, 6.45) is 9.35. The van der Waals surface area contributed by atoms with Crippen molar-refractivity contribution >= 4 is 0 Å². The molecule has 0 aliphatic heterocycles. The van der Waals surface area contributed by atoms with Crippen molar-refractivity contribution < 1.29 is 0 Å². The summed E-state index contributed by atoms with van der Waals surface area (Å²) < 4.78 is 2.16. The van der Waals surface area contributed by atoms with E-state index in [1.165, 1.54) is 25.7 Å². The Morgan fingerprint density at radius 1 is 1.39 bits per heavy atom. The summed E-state index contributed by atoms with van der Waals surface area (Å²) in [7, 11) is 0. The molecule has 1 aromatic rings. The fourth-order valence-corrected chi connectivity index (χ4v) is 2.99. The van der Waals surface area contributed by atoms with Gasteiger partial charge in [-0.15, -0.1) is 0 Å². The molecule has 0 bridgehead atoms. The van der Waals surface area contributed by atoms with Gasteiger partial charge in [-0.3, -0.25) is 4.68 Å². The number of rotatable bonds is 4. The zero-order valence-electron chi connectivity index (χ0n) is 12.0. The van der Waals surface area contributed by atoms with Gasteiger partial charge < -0.3 is 5.73 Å². The Bertz CT molecular complexity index is 369. The van der Waals surface area contributed by atoms with Crippen LogP contribution in [0.2, 0.25) is 0 Å². The Kier molecular flexibility index (Phi) is 4.10. The monoisotopic (exact) mass is 249 g/mol. The van der Waals surface area contributed by atoms with Gasteiger partial charge in [0.2, 0.25) is 0 Å². The lowest BCUT2D eigenvalue weighted by molar-refractivity contribution is 0.336. The van der Waals surface area contributed by atoms with E-state index >= 15 is 0 Å². The van der Waals surface area contributed by atoms with Crippen LogP contribution in [0.15, 0.2) is 12.3 Å². The Hall–Kier alpha value is -0.830. The van der Waals surface area contributed by atoms with Gasteiger partial charge in [-0.1, -0.05) is 33.6 Å². The molecule has 0 aromatic carbocycles. The third kappa shape index (κ3) is 3.84. The quantitative estimate of drug-likeness (QED) is 0.889. The third-order valence-corrected chi connectivity index (χ3v) is 3.71. The van der Waals surface area contributed by atoms with Gasteiger partial charge in [0.25, 0.3) is 0 Å². The summed E-state index contributed by atoms with van der Waals surface area (Å²) in [6, 6.07) is 3.00. The van der Waals surface area contributed by atoms with Crippen LogP contribution in [-0.4, -0.2) is 15.8 Å². The fraction of sp³-hybridized carbons (Fsp3) is 0.800. The maximum absolute atomic E-state index is 6.21. The van der Waals surface area contributed by atoms with Gasteiger partial charge in [0.05, 0.1) is 11.7 Å². The number of aromatic nitrogens is 2. The van der Waals surface area contributed by atoms with Gasteiger partial charge >= 0.3 is 0 Å². The number of hydrogen-bond acceptors (Lipinski definition) is 2. The second kappa shape index (κ2) is 5.43. The molecule has 0 radical (unpaired) electrons. The van der Waals surface area contributed by atoms with Crippen LogP contribution in [0.25, 0.3) is 0 Å². The highest BCUT2D eigenvalue weighted by Gasteiger charge is 2.19. The topological polar surface area (TPSA) is 43.8 Å². The molecule has 2 N–H and O–H groups in total. The van der Waals surface area contributed by atoms with E-state index in [4.69, 9.17) is 10.8 Å². The van der Waals surface area contributed by atoms with E-state index in [2.05, 4.69) is 37.7 Å². The van der Waals surface area contributed by atoms with Gasteiger partial charge in [0.15, 0.2) is 0 Å². The molecule has 0 saturated heterocycles. The SMILES string of the molecule is CC(C)(C)CC(N)Cc1ccn(C2CCCC2)n1. The number of nitrogens with zero attached hydrogens (tertiary/aromatic N) is 2. The molecule has 0 spiro atoms. The molecule has 1 atom stereocenters. The van der Waals surface area contributed by atoms with Crippen LogP contribution in [0.5, 0.6) is 0 Å². The largest absolute Gasteiger partial charge is 0.327 e. The van der Waals surface area contributed by atoms with E-state index in [-0.39, 0.29) is 6.04 Å². The standard InChI is InChI=1S/C15H27N3/c1-15(2,3)11-12(16)10-13-8-9-18(17-13)14-6-4-5-7-14/h8-9,12,14H,4-7,10-11,16H2,1-3H3. The first-order chi connectivity index (χ1) is 8.44. The Balaban J connectivity index is 1.90. The van der Waals surface area contributed by atoms with Crippen LogP contribution in [-0.2, 0) is 6.42 Å². The van der Waals surface area contributed by atoms with Crippen molar-refractivity contribution in [3.8, 4) is 0 Å². The molecule has 1 heterocycles. The van der Waals surface area contributed by atoms with Crippen molar-refractivity contribution in [1.29, 1.82) is 0 Å². The van der Waals surface area contributed by atoms with E-state index in [0.29, 0.717) is 11.5 Å². The first-order valence-electron chi connectivity index (χ1n) is 7.24. The molecule has 2 rings (SSSR count). The van der Waals surface area contributed by atoms with Crippen molar-refractivity contribution in [3.63, 3.8) is 0 Å². The van der Waals surface area contributed by atoms with Crippen LogP contribution >= 0.6 is 0 Å². The molecular weight excluding hydrogens is 222 g/mol. The molecule has 1 aliphatic rings. The minimum atomic E-state index is 0.219. The Labute approximate surface area is 111 Å². The van der Waals surface area contributed by atoms with Gasteiger partial charge in [-0.2, -0.15) is 5.10 Å². The normalized spacial score (nSPS) is 19.3. The van der Waals surface area contributed by atoms with E-state index in [0.717, 1.165) is 18.5 Å². The summed E-state index contributed by atoms with van der Waals surface area (Å²) in [5.74, 6) is 0. The van der Waals surface area contributed by atoms with Crippen molar-refractivity contribution in [2.24, 2.45) is 11.1 Å². The molecule has 102 valence electrons. The van der Waals surface area contributed by atoms with Gasteiger partial charge in [0, 0.05) is 18.7 Å². The van der Waals surface area contributed by atoms with E-state index < -0.39 is 0 Å². The summed E-state index contributed by atoms with van der Waals surface area (Å²) in [6.45, 7) is 6.72. The van der Waals surface area contributed by atoms with Crippen molar-refractivity contribution in [2.75, 3.05) is 0 Å². The average molecular weight is 249 g/mol. The van der Waals surface area contributed by atoms with Gasteiger partial charge in [-0.05, 0) is 30.7 Å². The molecule has 1 saturated carbocycles. The van der Waals surface area contributed by atoms with Crippen LogP contribution in [0.3, 0.4) is 0 Å². The van der Waals surface area contributed by atoms with Gasteiger partial charge in [-0.25, -0.2) is 0 Å². The summed E-state index contributed by atoms with van der Waals surface area (Å²) in [5, 5.41) is 4.70. The smallest absolute Gasteiger partial charge is 0.0640 e. The van der Waals surface area contributed by atoms with Crippen molar-refractivity contribution in [3.05, 3.63) is 18.0 Å². The molecule has 3 nitrogen and oxygen atoms in total. The molecule has 1 aromatic heterocycles. The maximum Gasteiger partial charge on any atom is 0.0640 e. The Morgan fingerprint density at radius 3 is 2.67 bits per heavy atom. The summed E-state index contributed by atoms with van der Waals surface area (Å²) >= 11 is 0. The first-order valence-corrected chi connectivity index (χ1v) is 7.24.